The predicted molar refractivity (Wildman–Crippen MR) is 140 cm³/mol. The average molecular weight is 446 g/mol. The van der Waals surface area contributed by atoms with Crippen molar-refractivity contribution in [3.05, 3.63) is 89.6 Å². The van der Waals surface area contributed by atoms with Gasteiger partial charge in [0.15, 0.2) is 11.5 Å². The highest BCUT2D eigenvalue weighted by Gasteiger charge is 2.24. The molecule has 0 fully saturated rings. The van der Waals surface area contributed by atoms with Crippen molar-refractivity contribution in [2.45, 2.75) is 40.0 Å². The highest BCUT2D eigenvalue weighted by Crippen LogP contribution is 2.42. The molecule has 34 heavy (non-hydrogen) atoms. The summed E-state index contributed by atoms with van der Waals surface area (Å²) in [5.41, 5.74) is 7.19. The molecule has 0 unspecified atom stereocenters. The zero-order valence-electron chi connectivity index (χ0n) is 20.2. The molecular formula is C31H27NO2. The molecule has 0 amide bonds. The topological polar surface area (TPSA) is 39.2 Å². The second-order valence-electron chi connectivity index (χ2n) is 10.1. The maximum atomic E-state index is 6.41. The number of pyridine rings is 1. The molecule has 0 aliphatic rings. The fraction of sp³-hybridized carbons (Fsp3) is 0.194. The lowest BCUT2D eigenvalue weighted by molar-refractivity contribution is 0.565. The lowest BCUT2D eigenvalue weighted by atomic mass is 9.82. The normalized spacial score (nSPS) is 12.3. The number of para-hydroxylation sites is 1. The summed E-state index contributed by atoms with van der Waals surface area (Å²) in [7, 11) is 0. The third-order valence-corrected chi connectivity index (χ3v) is 6.83. The predicted octanol–water partition coefficient (Wildman–Crippen LogP) is 8.98. The van der Waals surface area contributed by atoms with E-state index in [0.29, 0.717) is 0 Å². The Balaban J connectivity index is 1.62. The van der Waals surface area contributed by atoms with E-state index in [4.69, 9.17) is 13.8 Å². The van der Waals surface area contributed by atoms with Crippen molar-refractivity contribution in [3.63, 3.8) is 0 Å². The van der Waals surface area contributed by atoms with Gasteiger partial charge in [-0.2, -0.15) is 0 Å². The number of fused-ring (bicyclic) bond motifs is 3. The Hall–Kier alpha value is -3.85. The number of hydrogen-bond acceptors (Lipinski definition) is 3. The zero-order chi connectivity index (χ0) is 23.6. The summed E-state index contributed by atoms with van der Waals surface area (Å²) in [6.45, 7) is 11.0. The van der Waals surface area contributed by atoms with E-state index in [1.165, 1.54) is 16.3 Å². The quantitative estimate of drug-likeness (QED) is 0.267. The fourth-order valence-corrected chi connectivity index (χ4v) is 5.09. The van der Waals surface area contributed by atoms with Gasteiger partial charge in [-0.05, 0) is 59.9 Å². The summed E-state index contributed by atoms with van der Waals surface area (Å²) in [5.74, 6) is 1.56. The second kappa shape index (κ2) is 7.33. The van der Waals surface area contributed by atoms with Gasteiger partial charge >= 0.3 is 0 Å². The van der Waals surface area contributed by atoms with Gasteiger partial charge in [0, 0.05) is 28.3 Å². The molecule has 3 nitrogen and oxygen atoms in total. The van der Waals surface area contributed by atoms with Crippen LogP contribution in [0, 0.1) is 13.8 Å². The number of aromatic nitrogens is 1. The number of furan rings is 2. The highest BCUT2D eigenvalue weighted by molar-refractivity contribution is 6.01. The maximum Gasteiger partial charge on any atom is 0.173 e. The summed E-state index contributed by atoms with van der Waals surface area (Å²) < 4.78 is 12.7. The van der Waals surface area contributed by atoms with Crippen LogP contribution in [0.15, 0.2) is 81.8 Å². The molecular weight excluding hydrogens is 418 g/mol. The molecule has 0 spiro atoms. The van der Waals surface area contributed by atoms with E-state index in [1.807, 2.05) is 30.5 Å². The fourth-order valence-electron chi connectivity index (χ4n) is 5.09. The number of nitrogens with zero attached hydrogens (tertiary/aromatic N) is 1. The molecule has 3 aromatic carbocycles. The Kier molecular flexibility index (Phi) is 4.47. The van der Waals surface area contributed by atoms with Gasteiger partial charge in [-0.25, -0.2) is 0 Å². The first kappa shape index (κ1) is 20.7. The molecule has 168 valence electrons. The largest absolute Gasteiger partial charge is 0.452 e. The van der Waals surface area contributed by atoms with Crippen LogP contribution in [0.2, 0.25) is 0 Å². The monoisotopic (exact) mass is 445 g/mol. The van der Waals surface area contributed by atoms with E-state index in [9.17, 15) is 0 Å². The molecule has 6 rings (SSSR count). The van der Waals surface area contributed by atoms with E-state index in [0.717, 1.165) is 55.8 Å². The van der Waals surface area contributed by atoms with Crippen LogP contribution in [0.5, 0.6) is 0 Å². The zero-order valence-corrected chi connectivity index (χ0v) is 20.2. The average Bonchev–Trinajstić information content (AvgIpc) is 3.34. The molecule has 0 saturated carbocycles. The van der Waals surface area contributed by atoms with Gasteiger partial charge in [0.05, 0.1) is 11.1 Å². The number of hydrogen-bond donors (Lipinski definition) is 0. The minimum Gasteiger partial charge on any atom is -0.452 e. The van der Waals surface area contributed by atoms with E-state index in [-0.39, 0.29) is 5.41 Å². The first-order chi connectivity index (χ1) is 16.3. The molecule has 0 aliphatic carbocycles. The molecule has 3 aromatic heterocycles. The molecule has 0 saturated heterocycles. The smallest absolute Gasteiger partial charge is 0.173 e. The van der Waals surface area contributed by atoms with Crippen molar-refractivity contribution in [1.82, 2.24) is 4.98 Å². The third kappa shape index (κ3) is 3.07. The minimum atomic E-state index is 0.00545. The Bertz CT molecular complexity index is 1710. The molecule has 3 heteroatoms. The standard InChI is InChI=1S/C31H27NO2/c1-18-22-11-8-9-13-25(22)33-29(18)30-19(2)27-26(34-30)14-15-32-28(27)21-16-20-10-6-7-12-23(20)24(17-21)31(3,4)5/h6-17H,1-5H3. The molecule has 0 radical (unpaired) electrons. The summed E-state index contributed by atoms with van der Waals surface area (Å²) in [6.07, 6.45) is 1.84. The van der Waals surface area contributed by atoms with E-state index >= 15 is 0 Å². The molecule has 0 N–H and O–H groups in total. The van der Waals surface area contributed by atoms with Crippen LogP contribution in [0.3, 0.4) is 0 Å². The van der Waals surface area contributed by atoms with Crippen molar-refractivity contribution in [2.24, 2.45) is 0 Å². The van der Waals surface area contributed by atoms with E-state index in [2.05, 4.69) is 77.1 Å². The minimum absolute atomic E-state index is 0.00545. The third-order valence-electron chi connectivity index (χ3n) is 6.83. The van der Waals surface area contributed by atoms with Crippen molar-refractivity contribution >= 4 is 32.7 Å². The van der Waals surface area contributed by atoms with Crippen LogP contribution in [0.1, 0.15) is 37.5 Å². The Labute approximate surface area is 199 Å². The van der Waals surface area contributed by atoms with Gasteiger partial charge in [-0.3, -0.25) is 4.98 Å². The van der Waals surface area contributed by atoms with Crippen molar-refractivity contribution in [3.8, 4) is 22.8 Å². The van der Waals surface area contributed by atoms with Crippen LogP contribution >= 0.6 is 0 Å². The summed E-state index contributed by atoms with van der Waals surface area (Å²) in [5, 5.41) is 4.65. The lowest BCUT2D eigenvalue weighted by Gasteiger charge is -2.22. The summed E-state index contributed by atoms with van der Waals surface area (Å²) >= 11 is 0. The summed E-state index contributed by atoms with van der Waals surface area (Å²) in [6, 6.07) is 23.2. The van der Waals surface area contributed by atoms with Crippen LogP contribution in [-0.4, -0.2) is 4.98 Å². The number of aryl methyl sites for hydroxylation is 2. The van der Waals surface area contributed by atoms with Crippen molar-refractivity contribution in [1.29, 1.82) is 0 Å². The van der Waals surface area contributed by atoms with Gasteiger partial charge in [0.1, 0.15) is 11.2 Å². The summed E-state index contributed by atoms with van der Waals surface area (Å²) in [4.78, 5) is 4.85. The Morgan fingerprint density at radius 1 is 0.706 bits per heavy atom. The van der Waals surface area contributed by atoms with Gasteiger partial charge in [0.2, 0.25) is 0 Å². The van der Waals surface area contributed by atoms with Gasteiger partial charge < -0.3 is 8.83 Å². The molecule has 3 heterocycles. The van der Waals surface area contributed by atoms with Crippen molar-refractivity contribution in [2.75, 3.05) is 0 Å². The van der Waals surface area contributed by atoms with Gasteiger partial charge in [0.25, 0.3) is 0 Å². The van der Waals surface area contributed by atoms with Crippen LogP contribution in [0.25, 0.3) is 55.5 Å². The molecule has 0 aliphatic heterocycles. The van der Waals surface area contributed by atoms with Crippen LogP contribution < -0.4 is 0 Å². The van der Waals surface area contributed by atoms with Crippen LogP contribution in [0.4, 0.5) is 0 Å². The SMILES string of the molecule is Cc1c(-c2oc3ccnc(-c4cc(C(C)(C)C)c5ccccc5c4)c3c2C)oc2ccccc12. The Morgan fingerprint density at radius 3 is 2.15 bits per heavy atom. The first-order valence-electron chi connectivity index (χ1n) is 11.7. The maximum absolute atomic E-state index is 6.41. The number of benzene rings is 3. The number of rotatable bonds is 2. The van der Waals surface area contributed by atoms with E-state index < -0.39 is 0 Å². The second-order valence-corrected chi connectivity index (χ2v) is 10.1. The Morgan fingerprint density at radius 2 is 1.38 bits per heavy atom. The highest BCUT2D eigenvalue weighted by atomic mass is 16.4. The lowest BCUT2D eigenvalue weighted by Crippen LogP contribution is -2.12. The van der Waals surface area contributed by atoms with Gasteiger partial charge in [-0.15, -0.1) is 0 Å². The first-order valence-corrected chi connectivity index (χ1v) is 11.7. The molecule has 6 aromatic rings. The van der Waals surface area contributed by atoms with Crippen LogP contribution in [-0.2, 0) is 5.41 Å². The molecule has 0 atom stereocenters. The van der Waals surface area contributed by atoms with Gasteiger partial charge in [-0.1, -0.05) is 63.2 Å². The van der Waals surface area contributed by atoms with Crippen molar-refractivity contribution < 1.29 is 8.83 Å². The molecule has 0 bridgehead atoms. The van der Waals surface area contributed by atoms with E-state index in [1.54, 1.807) is 0 Å².